The van der Waals surface area contributed by atoms with Crippen LogP contribution in [0.25, 0.3) is 0 Å². The first-order chi connectivity index (χ1) is 8.27. The van der Waals surface area contributed by atoms with Gasteiger partial charge in [0, 0.05) is 18.2 Å². The highest BCUT2D eigenvalue weighted by molar-refractivity contribution is 5.57. The molecule has 1 aliphatic carbocycles. The fourth-order valence-corrected chi connectivity index (χ4v) is 2.74. The van der Waals surface area contributed by atoms with Crippen LogP contribution in [-0.4, -0.2) is 34.7 Å². The SMILES string of the molecule is N#CC1C(=C=O)CCN1N(N)C1CCCCC1. The lowest BCUT2D eigenvalue weighted by Crippen LogP contribution is -2.55. The van der Waals surface area contributed by atoms with E-state index < -0.39 is 6.04 Å². The average molecular weight is 234 g/mol. The van der Waals surface area contributed by atoms with Crippen molar-refractivity contribution in [3.8, 4) is 6.07 Å². The van der Waals surface area contributed by atoms with Crippen LogP contribution in [0.1, 0.15) is 38.5 Å². The molecule has 1 atom stereocenters. The Morgan fingerprint density at radius 1 is 1.35 bits per heavy atom. The molecule has 0 bridgehead atoms. The van der Waals surface area contributed by atoms with Gasteiger partial charge in [0.2, 0.25) is 0 Å². The molecule has 1 saturated carbocycles. The summed E-state index contributed by atoms with van der Waals surface area (Å²) < 4.78 is 0. The summed E-state index contributed by atoms with van der Waals surface area (Å²) >= 11 is 0. The minimum atomic E-state index is -0.514. The Kier molecular flexibility index (Phi) is 3.93. The topological polar surface area (TPSA) is 73.4 Å². The molecule has 17 heavy (non-hydrogen) atoms. The Morgan fingerprint density at radius 2 is 2.06 bits per heavy atom. The number of carbonyl (C=O) groups excluding carboxylic acids is 1. The number of hydrogen-bond acceptors (Lipinski definition) is 5. The van der Waals surface area contributed by atoms with E-state index in [1.165, 1.54) is 19.3 Å². The molecule has 92 valence electrons. The predicted molar refractivity (Wildman–Crippen MR) is 62.8 cm³/mol. The Balaban J connectivity index is 2.06. The molecule has 2 aliphatic rings. The smallest absolute Gasteiger partial charge is 0.144 e. The van der Waals surface area contributed by atoms with E-state index in [-0.39, 0.29) is 0 Å². The van der Waals surface area contributed by atoms with Crippen LogP contribution in [0.2, 0.25) is 0 Å². The third-order valence-electron chi connectivity index (χ3n) is 3.74. The third-order valence-corrected chi connectivity index (χ3v) is 3.74. The zero-order valence-electron chi connectivity index (χ0n) is 9.93. The van der Waals surface area contributed by atoms with E-state index in [2.05, 4.69) is 6.07 Å². The standard InChI is InChI=1S/C12H18N4O/c13-8-12-10(9-17)6-7-15(12)16(14)11-4-2-1-3-5-11/h11-12H,1-7,14H2. The van der Waals surface area contributed by atoms with Crippen molar-refractivity contribution >= 4 is 5.94 Å². The van der Waals surface area contributed by atoms with E-state index in [0.717, 1.165) is 12.8 Å². The molecule has 5 heteroatoms. The molecule has 1 saturated heterocycles. The Hall–Kier alpha value is -1.18. The number of hydrogen-bond donors (Lipinski definition) is 1. The van der Waals surface area contributed by atoms with Crippen molar-refractivity contribution in [2.24, 2.45) is 5.84 Å². The molecule has 0 aromatic carbocycles. The molecule has 2 rings (SSSR count). The van der Waals surface area contributed by atoms with Crippen LogP contribution in [-0.2, 0) is 4.79 Å². The lowest BCUT2D eigenvalue weighted by atomic mass is 9.96. The molecule has 2 fully saturated rings. The van der Waals surface area contributed by atoms with Crippen LogP contribution in [0.5, 0.6) is 0 Å². The van der Waals surface area contributed by atoms with Crippen LogP contribution < -0.4 is 5.84 Å². The van der Waals surface area contributed by atoms with Gasteiger partial charge in [-0.05, 0) is 19.3 Å². The number of hydrazine groups is 2. The van der Waals surface area contributed by atoms with Gasteiger partial charge in [0.25, 0.3) is 0 Å². The van der Waals surface area contributed by atoms with Gasteiger partial charge in [-0.2, -0.15) is 10.4 Å². The van der Waals surface area contributed by atoms with Gasteiger partial charge in [-0.15, -0.1) is 0 Å². The molecule has 0 aromatic heterocycles. The van der Waals surface area contributed by atoms with Crippen molar-refractivity contribution in [2.45, 2.75) is 50.6 Å². The number of rotatable bonds is 2. The zero-order chi connectivity index (χ0) is 12.3. The first-order valence-corrected chi connectivity index (χ1v) is 6.22. The Bertz CT molecular complexity index is 363. The molecule has 0 radical (unpaired) electrons. The number of nitrogens with zero attached hydrogens (tertiary/aromatic N) is 3. The molecular weight excluding hydrogens is 216 g/mol. The van der Waals surface area contributed by atoms with Crippen molar-refractivity contribution in [3.05, 3.63) is 5.57 Å². The average Bonchev–Trinajstić information content (AvgIpc) is 2.81. The second kappa shape index (κ2) is 5.44. The van der Waals surface area contributed by atoms with Gasteiger partial charge in [0.1, 0.15) is 12.0 Å². The van der Waals surface area contributed by atoms with E-state index >= 15 is 0 Å². The second-order valence-electron chi connectivity index (χ2n) is 4.74. The predicted octanol–water partition coefficient (Wildman–Crippen LogP) is 0.766. The summed E-state index contributed by atoms with van der Waals surface area (Å²) in [6.07, 6.45) is 6.41. The molecule has 1 unspecified atom stereocenters. The quantitative estimate of drug-likeness (QED) is 0.434. The summed E-state index contributed by atoms with van der Waals surface area (Å²) in [6.45, 7) is 0.649. The largest absolute Gasteiger partial charge is 0.255 e. The molecule has 0 spiro atoms. The zero-order valence-corrected chi connectivity index (χ0v) is 9.93. The van der Waals surface area contributed by atoms with Crippen molar-refractivity contribution in [1.29, 1.82) is 5.26 Å². The van der Waals surface area contributed by atoms with Crippen molar-refractivity contribution in [3.63, 3.8) is 0 Å². The van der Waals surface area contributed by atoms with Gasteiger partial charge in [-0.25, -0.2) is 9.80 Å². The van der Waals surface area contributed by atoms with Gasteiger partial charge in [0.05, 0.1) is 6.07 Å². The normalized spacial score (nSPS) is 27.1. The third kappa shape index (κ3) is 2.41. The molecule has 5 nitrogen and oxygen atoms in total. The Labute approximate surface area is 101 Å². The van der Waals surface area contributed by atoms with Crippen LogP contribution in [0.3, 0.4) is 0 Å². The van der Waals surface area contributed by atoms with Crippen LogP contribution in [0.4, 0.5) is 0 Å². The second-order valence-corrected chi connectivity index (χ2v) is 4.74. The van der Waals surface area contributed by atoms with E-state index in [1.807, 2.05) is 11.0 Å². The van der Waals surface area contributed by atoms with E-state index in [1.54, 1.807) is 5.12 Å². The maximum absolute atomic E-state index is 10.7. The van der Waals surface area contributed by atoms with Gasteiger partial charge < -0.3 is 0 Å². The summed E-state index contributed by atoms with van der Waals surface area (Å²) in [6, 6.07) is 1.94. The van der Waals surface area contributed by atoms with E-state index in [9.17, 15) is 4.79 Å². The minimum Gasteiger partial charge on any atom is -0.255 e. The summed E-state index contributed by atoms with van der Waals surface area (Å²) in [7, 11) is 0. The van der Waals surface area contributed by atoms with E-state index in [0.29, 0.717) is 24.6 Å². The summed E-state index contributed by atoms with van der Waals surface area (Å²) in [5.74, 6) is 7.97. The maximum atomic E-state index is 10.7. The maximum Gasteiger partial charge on any atom is 0.144 e. The molecule has 0 aromatic rings. The molecule has 1 aliphatic heterocycles. The highest BCUT2D eigenvalue weighted by atomic mass is 16.1. The van der Waals surface area contributed by atoms with Gasteiger partial charge in [-0.3, -0.25) is 5.84 Å². The summed E-state index contributed by atoms with van der Waals surface area (Å²) in [5.41, 5.74) is 0.527. The van der Waals surface area contributed by atoms with Crippen LogP contribution >= 0.6 is 0 Å². The van der Waals surface area contributed by atoms with Crippen molar-refractivity contribution < 1.29 is 4.79 Å². The van der Waals surface area contributed by atoms with Crippen molar-refractivity contribution in [1.82, 2.24) is 10.1 Å². The van der Waals surface area contributed by atoms with Gasteiger partial charge in [-0.1, -0.05) is 19.3 Å². The van der Waals surface area contributed by atoms with Crippen molar-refractivity contribution in [2.75, 3.05) is 6.54 Å². The monoisotopic (exact) mass is 234 g/mol. The highest BCUT2D eigenvalue weighted by Gasteiger charge is 2.36. The lowest BCUT2D eigenvalue weighted by molar-refractivity contribution is -0.0674. The van der Waals surface area contributed by atoms with Crippen LogP contribution in [0.15, 0.2) is 5.57 Å². The van der Waals surface area contributed by atoms with Gasteiger partial charge >= 0.3 is 0 Å². The fourth-order valence-electron chi connectivity index (χ4n) is 2.74. The summed E-state index contributed by atoms with van der Waals surface area (Å²) in [4.78, 5) is 10.7. The summed E-state index contributed by atoms with van der Waals surface area (Å²) in [5, 5.41) is 12.6. The molecule has 1 heterocycles. The fraction of sp³-hybridized carbons (Fsp3) is 0.750. The van der Waals surface area contributed by atoms with Gasteiger partial charge in [0.15, 0.2) is 0 Å². The lowest BCUT2D eigenvalue weighted by Gasteiger charge is -2.37. The number of nitrogens with two attached hydrogens (primary N) is 1. The highest BCUT2D eigenvalue weighted by Crippen LogP contribution is 2.27. The first-order valence-electron chi connectivity index (χ1n) is 6.22. The Morgan fingerprint density at radius 3 is 2.65 bits per heavy atom. The number of nitriles is 1. The first kappa shape index (κ1) is 12.3. The molecule has 0 amide bonds. The molecular formula is C12H18N4O. The molecule has 2 N–H and O–H groups in total. The van der Waals surface area contributed by atoms with E-state index in [4.69, 9.17) is 11.1 Å². The minimum absolute atomic E-state index is 0.311. The van der Waals surface area contributed by atoms with Crippen LogP contribution in [0, 0.1) is 11.3 Å².